The average Bonchev–Trinajstić information content (AvgIpc) is 2.48. The largest absolute Gasteiger partial charge is 0.505 e. The van der Waals surface area contributed by atoms with E-state index in [9.17, 15) is 19.8 Å². The molecule has 2 rings (SSSR count). The highest BCUT2D eigenvalue weighted by Gasteiger charge is 2.21. The van der Waals surface area contributed by atoms with Crippen LogP contribution in [-0.4, -0.2) is 33.6 Å². The molecule has 0 bridgehead atoms. The van der Waals surface area contributed by atoms with Crippen molar-refractivity contribution in [1.29, 1.82) is 0 Å². The van der Waals surface area contributed by atoms with E-state index in [0.29, 0.717) is 5.56 Å². The number of aliphatic carboxylic acids is 1. The van der Waals surface area contributed by atoms with Crippen molar-refractivity contribution in [3.05, 3.63) is 59.9 Å². The lowest BCUT2D eigenvalue weighted by molar-refractivity contribution is -0.138. The highest BCUT2D eigenvalue weighted by Crippen LogP contribution is 2.17. The maximum absolute atomic E-state index is 11.9. The normalized spacial score (nSPS) is 11.6. The minimum atomic E-state index is -1.03. The predicted octanol–water partition coefficient (Wildman–Crippen LogP) is 1.39. The topological polar surface area (TPSA) is 99.5 Å². The smallest absolute Gasteiger partial charge is 0.312 e. The van der Waals surface area contributed by atoms with Gasteiger partial charge in [0.15, 0.2) is 0 Å². The van der Waals surface area contributed by atoms with Crippen LogP contribution in [0.5, 0.6) is 5.75 Å². The number of nitrogens with one attached hydrogen (secondary N) is 1. The van der Waals surface area contributed by atoms with Crippen LogP contribution in [0.2, 0.25) is 0 Å². The summed E-state index contributed by atoms with van der Waals surface area (Å²) in [5.74, 6) is -2.67. The molecule has 6 heteroatoms. The van der Waals surface area contributed by atoms with Crippen molar-refractivity contribution >= 4 is 11.9 Å². The fourth-order valence-electron chi connectivity index (χ4n) is 1.90. The second-order valence-electron chi connectivity index (χ2n) is 4.40. The fourth-order valence-corrected chi connectivity index (χ4v) is 1.90. The van der Waals surface area contributed by atoms with Crippen molar-refractivity contribution in [3.63, 3.8) is 0 Å². The van der Waals surface area contributed by atoms with Gasteiger partial charge in [0, 0.05) is 12.7 Å². The van der Waals surface area contributed by atoms with Crippen molar-refractivity contribution in [2.75, 3.05) is 6.54 Å². The molecule has 0 saturated carbocycles. The molecule has 108 valence electrons. The number of carbonyl (C=O) groups excluding carboxylic acids is 1. The third kappa shape index (κ3) is 3.56. The summed E-state index contributed by atoms with van der Waals surface area (Å²) in [5, 5.41) is 21.3. The van der Waals surface area contributed by atoms with E-state index >= 15 is 0 Å². The van der Waals surface area contributed by atoms with E-state index in [-0.39, 0.29) is 17.9 Å². The number of aromatic hydroxyl groups is 1. The van der Waals surface area contributed by atoms with Gasteiger partial charge in [-0.05, 0) is 11.6 Å². The Bertz CT molecular complexity index is 643. The number of carbonyl (C=O) groups is 2. The lowest BCUT2D eigenvalue weighted by Crippen LogP contribution is -2.31. The summed E-state index contributed by atoms with van der Waals surface area (Å²) in [6.45, 7) is -0.0695. The third-order valence-electron chi connectivity index (χ3n) is 3.01. The summed E-state index contributed by atoms with van der Waals surface area (Å²) in [7, 11) is 0. The summed E-state index contributed by atoms with van der Waals surface area (Å²) in [5.41, 5.74) is 0.659. The molecule has 6 nitrogen and oxygen atoms in total. The first kappa shape index (κ1) is 14.5. The van der Waals surface area contributed by atoms with Crippen LogP contribution < -0.4 is 5.32 Å². The maximum atomic E-state index is 11.9. The highest BCUT2D eigenvalue weighted by molar-refractivity contribution is 5.96. The van der Waals surface area contributed by atoms with Crippen molar-refractivity contribution in [2.24, 2.45) is 0 Å². The van der Waals surface area contributed by atoms with Crippen LogP contribution in [0.15, 0.2) is 48.8 Å². The molecule has 0 aliphatic rings. The Morgan fingerprint density at radius 1 is 1.19 bits per heavy atom. The minimum absolute atomic E-state index is 0.0576. The van der Waals surface area contributed by atoms with Gasteiger partial charge in [0.05, 0.1) is 17.7 Å². The molecule has 0 radical (unpaired) electrons. The number of aromatic nitrogens is 1. The number of carboxylic acids is 1. The Balaban J connectivity index is 2.08. The summed E-state index contributed by atoms with van der Waals surface area (Å²) in [6, 6.07) is 10.0. The van der Waals surface area contributed by atoms with Gasteiger partial charge in [-0.15, -0.1) is 0 Å². The van der Waals surface area contributed by atoms with Gasteiger partial charge in [0.2, 0.25) is 0 Å². The van der Waals surface area contributed by atoms with Gasteiger partial charge in [-0.25, -0.2) is 0 Å². The quantitative estimate of drug-likeness (QED) is 0.771. The zero-order chi connectivity index (χ0) is 15.2. The van der Waals surface area contributed by atoms with E-state index < -0.39 is 17.8 Å². The second kappa shape index (κ2) is 6.51. The summed E-state index contributed by atoms with van der Waals surface area (Å²) >= 11 is 0. The maximum Gasteiger partial charge on any atom is 0.312 e. The van der Waals surface area contributed by atoms with E-state index in [1.54, 1.807) is 30.3 Å². The lowest BCUT2D eigenvalue weighted by atomic mass is 9.99. The van der Waals surface area contributed by atoms with E-state index in [0.717, 1.165) is 6.20 Å². The molecule has 0 aliphatic carbocycles. The summed E-state index contributed by atoms with van der Waals surface area (Å²) < 4.78 is 0. The van der Waals surface area contributed by atoms with Gasteiger partial charge in [0.25, 0.3) is 5.91 Å². The van der Waals surface area contributed by atoms with Crippen molar-refractivity contribution < 1.29 is 19.8 Å². The molecule has 0 fully saturated rings. The van der Waals surface area contributed by atoms with Gasteiger partial charge in [-0.3, -0.25) is 14.6 Å². The van der Waals surface area contributed by atoms with Crippen LogP contribution in [0.4, 0.5) is 0 Å². The van der Waals surface area contributed by atoms with Crippen LogP contribution in [-0.2, 0) is 4.79 Å². The minimum Gasteiger partial charge on any atom is -0.505 e. The van der Waals surface area contributed by atoms with E-state index in [1.807, 2.05) is 0 Å². The first-order valence-corrected chi connectivity index (χ1v) is 6.28. The van der Waals surface area contributed by atoms with Gasteiger partial charge in [0.1, 0.15) is 5.75 Å². The van der Waals surface area contributed by atoms with E-state index in [1.165, 1.54) is 12.3 Å². The lowest BCUT2D eigenvalue weighted by Gasteiger charge is -2.14. The van der Waals surface area contributed by atoms with Gasteiger partial charge in [-0.2, -0.15) is 0 Å². The standard InChI is InChI=1S/C15H14N2O4/c18-13-9-16-7-6-11(13)14(19)17-8-12(15(20)21)10-4-2-1-3-5-10/h1-7,9,12,18H,8H2,(H,17,19)(H,20,21). The van der Waals surface area contributed by atoms with E-state index in [4.69, 9.17) is 0 Å². The Morgan fingerprint density at radius 2 is 1.90 bits per heavy atom. The molecule has 0 spiro atoms. The van der Waals surface area contributed by atoms with Gasteiger partial charge >= 0.3 is 5.97 Å². The van der Waals surface area contributed by atoms with Gasteiger partial charge < -0.3 is 15.5 Å². The van der Waals surface area contributed by atoms with Gasteiger partial charge in [-0.1, -0.05) is 30.3 Å². The van der Waals surface area contributed by atoms with Crippen LogP contribution in [0.1, 0.15) is 21.8 Å². The highest BCUT2D eigenvalue weighted by atomic mass is 16.4. The molecular weight excluding hydrogens is 272 g/mol. The second-order valence-corrected chi connectivity index (χ2v) is 4.40. The Morgan fingerprint density at radius 3 is 2.52 bits per heavy atom. The number of pyridine rings is 1. The Kier molecular flexibility index (Phi) is 4.50. The summed E-state index contributed by atoms with van der Waals surface area (Å²) in [4.78, 5) is 26.9. The Hall–Kier alpha value is -2.89. The molecule has 1 aromatic carbocycles. The number of hydrogen-bond acceptors (Lipinski definition) is 4. The molecule has 1 atom stereocenters. The van der Waals surface area contributed by atoms with Crippen molar-refractivity contribution in [2.45, 2.75) is 5.92 Å². The first-order valence-electron chi connectivity index (χ1n) is 6.28. The average molecular weight is 286 g/mol. The molecule has 0 aliphatic heterocycles. The molecule has 21 heavy (non-hydrogen) atoms. The number of nitrogens with zero attached hydrogens (tertiary/aromatic N) is 1. The van der Waals surface area contributed by atoms with Crippen LogP contribution >= 0.6 is 0 Å². The van der Waals surface area contributed by atoms with Crippen LogP contribution in [0.3, 0.4) is 0 Å². The van der Waals surface area contributed by atoms with Crippen LogP contribution in [0.25, 0.3) is 0 Å². The number of benzene rings is 1. The molecule has 1 unspecified atom stereocenters. The number of hydrogen-bond donors (Lipinski definition) is 3. The zero-order valence-electron chi connectivity index (χ0n) is 11.1. The van der Waals surface area contributed by atoms with Crippen molar-refractivity contribution in [1.82, 2.24) is 10.3 Å². The number of rotatable bonds is 5. The fraction of sp³-hybridized carbons (Fsp3) is 0.133. The molecule has 1 amide bonds. The molecule has 2 aromatic rings. The molecule has 0 saturated heterocycles. The first-order chi connectivity index (χ1) is 10.1. The monoisotopic (exact) mass is 286 g/mol. The number of amides is 1. The third-order valence-corrected chi connectivity index (χ3v) is 3.01. The predicted molar refractivity (Wildman–Crippen MR) is 75.1 cm³/mol. The molecular formula is C15H14N2O4. The number of carboxylic acid groups (broad SMARTS) is 1. The van der Waals surface area contributed by atoms with Crippen molar-refractivity contribution in [3.8, 4) is 5.75 Å². The Labute approximate surface area is 121 Å². The molecule has 3 N–H and O–H groups in total. The molecule has 1 heterocycles. The van der Waals surface area contributed by atoms with Crippen LogP contribution in [0, 0.1) is 0 Å². The zero-order valence-corrected chi connectivity index (χ0v) is 11.1. The van der Waals surface area contributed by atoms with E-state index in [2.05, 4.69) is 10.3 Å². The summed E-state index contributed by atoms with van der Waals surface area (Å²) in [6.07, 6.45) is 2.53. The molecule has 1 aromatic heterocycles. The SMILES string of the molecule is O=C(NCC(C(=O)O)c1ccccc1)c1ccncc1O.